The van der Waals surface area contributed by atoms with Gasteiger partial charge in [0.1, 0.15) is 0 Å². The van der Waals surface area contributed by atoms with Gasteiger partial charge in [0, 0.05) is 21.7 Å². The number of rotatable bonds is 1. The molecule has 0 saturated carbocycles. The fraction of sp³-hybridized carbons (Fsp3) is 0.348. The molecule has 0 amide bonds. The summed E-state index contributed by atoms with van der Waals surface area (Å²) in [7, 11) is 1.34. The molecule has 0 aromatic heterocycles. The fourth-order valence-corrected chi connectivity index (χ4v) is 4.38. The van der Waals surface area contributed by atoms with Crippen molar-refractivity contribution >= 4 is 23.4 Å². The smallest absolute Gasteiger partial charge is 0.339 e. The lowest BCUT2D eigenvalue weighted by Gasteiger charge is -2.32. The van der Waals surface area contributed by atoms with Gasteiger partial charge in [0.2, 0.25) is 0 Å². The number of nitrogen functional groups attached to an aromatic ring is 1. The third kappa shape index (κ3) is 4.87. The summed E-state index contributed by atoms with van der Waals surface area (Å²) in [5.41, 5.74) is 9.98. The predicted octanol–water partition coefficient (Wildman–Crippen LogP) is 5.25. The minimum absolute atomic E-state index is 0.185. The Morgan fingerprint density at radius 1 is 1.11 bits per heavy atom. The molecule has 0 aliphatic carbocycles. The zero-order valence-corrected chi connectivity index (χ0v) is 17.5. The number of thioether (sulfide) groups is 1. The standard InChI is InChI=1S/C21H21NO2S.C2H6/c1-21(2)10-11-25-19-9-7-14(12-17(19)21)4-5-15-6-8-16(18(22)13-15)20(23)24-3;1-2/h6-9,12-13H,10-11,22H2,1-3H3;1-2H3. The fourth-order valence-electron chi connectivity index (χ4n) is 2.89. The summed E-state index contributed by atoms with van der Waals surface area (Å²) in [6.45, 7) is 8.57. The molecule has 2 aromatic rings. The summed E-state index contributed by atoms with van der Waals surface area (Å²) in [6, 6.07) is 11.6. The molecule has 142 valence electrons. The van der Waals surface area contributed by atoms with Crippen molar-refractivity contribution in [2.45, 2.75) is 44.4 Å². The number of methoxy groups -OCH3 is 1. The van der Waals surface area contributed by atoms with Gasteiger partial charge < -0.3 is 10.5 Å². The number of carbonyl (C=O) groups is 1. The van der Waals surface area contributed by atoms with Crippen LogP contribution in [0.5, 0.6) is 0 Å². The number of hydrogen-bond donors (Lipinski definition) is 1. The van der Waals surface area contributed by atoms with Crippen LogP contribution in [-0.4, -0.2) is 18.8 Å². The second kappa shape index (κ2) is 9.01. The van der Waals surface area contributed by atoms with E-state index in [2.05, 4.69) is 43.9 Å². The molecule has 0 radical (unpaired) electrons. The molecule has 1 heterocycles. The number of anilines is 1. The van der Waals surface area contributed by atoms with E-state index < -0.39 is 5.97 Å². The molecule has 0 saturated heterocycles. The monoisotopic (exact) mass is 381 g/mol. The van der Waals surface area contributed by atoms with Crippen LogP contribution in [0.2, 0.25) is 0 Å². The minimum atomic E-state index is -0.438. The number of nitrogens with two attached hydrogens (primary N) is 1. The van der Waals surface area contributed by atoms with E-state index >= 15 is 0 Å². The van der Waals surface area contributed by atoms with Crippen LogP contribution in [0.15, 0.2) is 41.3 Å². The highest BCUT2D eigenvalue weighted by Gasteiger charge is 2.27. The van der Waals surface area contributed by atoms with Crippen molar-refractivity contribution in [2.75, 3.05) is 18.6 Å². The van der Waals surface area contributed by atoms with Crippen LogP contribution in [0, 0.1) is 11.8 Å². The Balaban J connectivity index is 0.00000126. The topological polar surface area (TPSA) is 52.3 Å². The highest BCUT2D eigenvalue weighted by atomic mass is 32.2. The molecule has 2 N–H and O–H groups in total. The molecule has 0 spiro atoms. The van der Waals surface area contributed by atoms with Gasteiger partial charge in [0.15, 0.2) is 0 Å². The summed E-state index contributed by atoms with van der Waals surface area (Å²) >= 11 is 1.91. The molecule has 1 aliphatic heterocycles. The van der Waals surface area contributed by atoms with Crippen molar-refractivity contribution in [2.24, 2.45) is 0 Å². The Labute approximate surface area is 166 Å². The van der Waals surface area contributed by atoms with Crippen LogP contribution >= 0.6 is 11.8 Å². The first-order chi connectivity index (χ1) is 12.9. The first kappa shape index (κ1) is 20.9. The maximum atomic E-state index is 11.6. The normalized spacial score (nSPS) is 14.0. The molecule has 4 heteroatoms. The summed E-state index contributed by atoms with van der Waals surface area (Å²) in [5, 5.41) is 0. The van der Waals surface area contributed by atoms with Crippen LogP contribution in [0.3, 0.4) is 0 Å². The van der Waals surface area contributed by atoms with Gasteiger partial charge in [-0.15, -0.1) is 11.8 Å². The Morgan fingerprint density at radius 3 is 2.37 bits per heavy atom. The van der Waals surface area contributed by atoms with Gasteiger partial charge in [-0.1, -0.05) is 39.5 Å². The van der Waals surface area contributed by atoms with E-state index in [0.717, 1.165) is 16.9 Å². The van der Waals surface area contributed by atoms with Crippen molar-refractivity contribution in [1.29, 1.82) is 0 Å². The third-order valence-electron chi connectivity index (χ3n) is 4.50. The predicted molar refractivity (Wildman–Crippen MR) is 114 cm³/mol. The number of fused-ring (bicyclic) bond motifs is 1. The third-order valence-corrected chi connectivity index (χ3v) is 5.58. The van der Waals surface area contributed by atoms with Crippen LogP contribution in [0.1, 0.15) is 61.2 Å². The van der Waals surface area contributed by atoms with E-state index in [1.165, 1.54) is 24.0 Å². The zero-order valence-electron chi connectivity index (χ0n) is 16.7. The molecular weight excluding hydrogens is 354 g/mol. The van der Waals surface area contributed by atoms with Crippen LogP contribution in [0.25, 0.3) is 0 Å². The molecule has 0 unspecified atom stereocenters. The number of esters is 1. The Bertz CT molecular complexity index is 891. The SMILES string of the molecule is CC.COC(=O)c1ccc(C#Cc2ccc3c(c2)C(C)(C)CCS3)cc1N. The van der Waals surface area contributed by atoms with E-state index in [9.17, 15) is 4.79 Å². The van der Waals surface area contributed by atoms with E-state index in [1.807, 2.05) is 25.6 Å². The van der Waals surface area contributed by atoms with Crippen LogP contribution in [-0.2, 0) is 10.2 Å². The molecular formula is C23H27NO2S. The Morgan fingerprint density at radius 2 is 1.74 bits per heavy atom. The van der Waals surface area contributed by atoms with Crippen molar-refractivity contribution in [1.82, 2.24) is 0 Å². The number of carbonyl (C=O) groups excluding carboxylic acids is 1. The lowest BCUT2D eigenvalue weighted by Crippen LogP contribution is -2.22. The largest absolute Gasteiger partial charge is 0.465 e. The van der Waals surface area contributed by atoms with Gasteiger partial charge in [-0.05, 0) is 59.6 Å². The quantitative estimate of drug-likeness (QED) is 0.416. The number of ether oxygens (including phenoxy) is 1. The lowest BCUT2D eigenvalue weighted by molar-refractivity contribution is 0.0602. The Hall–Kier alpha value is -2.38. The highest BCUT2D eigenvalue weighted by Crippen LogP contribution is 2.41. The molecule has 3 rings (SSSR count). The maximum Gasteiger partial charge on any atom is 0.339 e. The van der Waals surface area contributed by atoms with E-state index in [1.54, 1.807) is 18.2 Å². The van der Waals surface area contributed by atoms with Crippen molar-refractivity contribution in [3.63, 3.8) is 0 Å². The molecule has 2 aromatic carbocycles. The van der Waals surface area contributed by atoms with E-state index in [4.69, 9.17) is 10.5 Å². The highest BCUT2D eigenvalue weighted by molar-refractivity contribution is 7.99. The van der Waals surface area contributed by atoms with Crippen molar-refractivity contribution < 1.29 is 9.53 Å². The van der Waals surface area contributed by atoms with E-state index in [0.29, 0.717) is 11.3 Å². The summed E-state index contributed by atoms with van der Waals surface area (Å²) in [6.07, 6.45) is 1.17. The lowest BCUT2D eigenvalue weighted by atomic mass is 9.81. The van der Waals surface area contributed by atoms with Crippen LogP contribution < -0.4 is 5.73 Å². The molecule has 1 aliphatic rings. The van der Waals surface area contributed by atoms with Crippen LogP contribution in [0.4, 0.5) is 5.69 Å². The average Bonchev–Trinajstić information content (AvgIpc) is 2.67. The summed E-state index contributed by atoms with van der Waals surface area (Å²) in [4.78, 5) is 12.9. The van der Waals surface area contributed by atoms with Gasteiger partial charge in [0.25, 0.3) is 0 Å². The number of benzene rings is 2. The molecule has 3 nitrogen and oxygen atoms in total. The Kier molecular flexibility index (Phi) is 6.98. The van der Waals surface area contributed by atoms with Gasteiger partial charge in [-0.2, -0.15) is 0 Å². The average molecular weight is 382 g/mol. The molecule has 0 bridgehead atoms. The van der Waals surface area contributed by atoms with Crippen molar-refractivity contribution in [3.05, 3.63) is 58.7 Å². The first-order valence-corrected chi connectivity index (χ1v) is 10.2. The second-order valence-electron chi connectivity index (χ2n) is 6.74. The van der Waals surface area contributed by atoms with Crippen molar-refractivity contribution in [3.8, 4) is 11.8 Å². The van der Waals surface area contributed by atoms with Gasteiger partial charge in [0.05, 0.1) is 12.7 Å². The number of hydrogen-bond acceptors (Lipinski definition) is 4. The molecule has 0 fully saturated rings. The summed E-state index contributed by atoms with van der Waals surface area (Å²) < 4.78 is 4.70. The van der Waals surface area contributed by atoms with Gasteiger partial charge >= 0.3 is 5.97 Å². The summed E-state index contributed by atoms with van der Waals surface area (Å²) in [5.74, 6) is 7.06. The molecule has 0 atom stereocenters. The van der Waals surface area contributed by atoms with Gasteiger partial charge in [-0.25, -0.2) is 4.79 Å². The maximum absolute atomic E-state index is 11.6. The minimum Gasteiger partial charge on any atom is -0.465 e. The van der Waals surface area contributed by atoms with E-state index in [-0.39, 0.29) is 5.41 Å². The molecule has 27 heavy (non-hydrogen) atoms. The van der Waals surface area contributed by atoms with Gasteiger partial charge in [-0.3, -0.25) is 0 Å². The zero-order chi connectivity index (χ0) is 20.0. The first-order valence-electron chi connectivity index (χ1n) is 9.18. The second-order valence-corrected chi connectivity index (χ2v) is 7.87.